The van der Waals surface area contributed by atoms with E-state index in [2.05, 4.69) is 0 Å². The zero-order chi connectivity index (χ0) is 22.9. The van der Waals surface area contributed by atoms with Crippen LogP contribution in [0.15, 0.2) is 36.4 Å². The standard InChI is InChI=1S/C20H32N4O5S/c1-14(2)13-16(18(25)23-22)17(19(26)24-27)20(11-12-21,30(3,28)29)10-9-15-7-5-4-6-8-15/h4-10,14,16-17,27H,11-13,21-22H2,1-3H3,(H,23,25)(H,24,26)/b10-9+/t16-,17+,20?/m1/s1. The molecule has 0 heterocycles. The molecule has 0 aliphatic heterocycles. The van der Waals surface area contributed by atoms with Crippen LogP contribution in [0.3, 0.4) is 0 Å². The first kappa shape index (κ1) is 25.8. The summed E-state index contributed by atoms with van der Waals surface area (Å²) >= 11 is 0. The van der Waals surface area contributed by atoms with Crippen LogP contribution < -0.4 is 22.5 Å². The summed E-state index contributed by atoms with van der Waals surface area (Å²) in [6, 6.07) is 8.92. The second-order valence-corrected chi connectivity index (χ2v) is 10.0. The number of nitrogens with two attached hydrogens (primary N) is 2. The molecule has 1 unspecified atom stereocenters. The second kappa shape index (κ2) is 11.2. The Morgan fingerprint density at radius 2 is 1.80 bits per heavy atom. The average Bonchev–Trinajstić information content (AvgIpc) is 2.70. The van der Waals surface area contributed by atoms with Gasteiger partial charge in [0, 0.05) is 6.26 Å². The fourth-order valence-electron chi connectivity index (χ4n) is 3.73. The Labute approximate surface area is 177 Å². The van der Waals surface area contributed by atoms with E-state index in [4.69, 9.17) is 11.6 Å². The van der Waals surface area contributed by atoms with E-state index in [1.807, 2.05) is 25.3 Å². The predicted octanol–water partition coefficient (Wildman–Crippen LogP) is 0.606. The lowest BCUT2D eigenvalue weighted by atomic mass is 9.74. The topological polar surface area (TPSA) is 165 Å². The van der Waals surface area contributed by atoms with E-state index < -0.39 is 38.2 Å². The number of sulfone groups is 1. The first-order valence-electron chi connectivity index (χ1n) is 9.62. The van der Waals surface area contributed by atoms with Gasteiger partial charge < -0.3 is 5.73 Å². The van der Waals surface area contributed by atoms with Gasteiger partial charge in [0.1, 0.15) is 4.75 Å². The van der Waals surface area contributed by atoms with Crippen molar-refractivity contribution in [2.24, 2.45) is 29.3 Å². The fourth-order valence-corrected chi connectivity index (χ4v) is 5.27. The average molecular weight is 441 g/mol. The van der Waals surface area contributed by atoms with E-state index in [9.17, 15) is 23.2 Å². The smallest absolute Gasteiger partial charge is 0.249 e. The number of benzene rings is 1. The van der Waals surface area contributed by atoms with Gasteiger partial charge in [-0.05, 0) is 30.9 Å². The minimum atomic E-state index is -4.00. The first-order chi connectivity index (χ1) is 14.0. The Bertz CT molecular complexity index is 842. The van der Waals surface area contributed by atoms with Gasteiger partial charge in [-0.2, -0.15) is 0 Å². The number of hydrazine groups is 1. The lowest BCUT2D eigenvalue weighted by molar-refractivity contribution is -0.142. The van der Waals surface area contributed by atoms with E-state index in [1.165, 1.54) is 11.6 Å². The van der Waals surface area contributed by atoms with E-state index in [0.717, 1.165) is 6.26 Å². The molecular weight excluding hydrogens is 408 g/mol. The largest absolute Gasteiger partial charge is 0.330 e. The van der Waals surface area contributed by atoms with E-state index in [0.29, 0.717) is 5.56 Å². The van der Waals surface area contributed by atoms with Crippen LogP contribution in [0, 0.1) is 17.8 Å². The summed E-state index contributed by atoms with van der Waals surface area (Å²) in [7, 11) is -4.00. The van der Waals surface area contributed by atoms with Gasteiger partial charge in [0.05, 0.1) is 11.8 Å². The maximum atomic E-state index is 13.1. The Balaban J connectivity index is 3.80. The molecule has 0 fully saturated rings. The van der Waals surface area contributed by atoms with Crippen LogP contribution in [0.2, 0.25) is 0 Å². The van der Waals surface area contributed by atoms with E-state index in [1.54, 1.807) is 30.3 Å². The highest BCUT2D eigenvalue weighted by Crippen LogP contribution is 2.40. The van der Waals surface area contributed by atoms with Crippen molar-refractivity contribution >= 4 is 27.7 Å². The van der Waals surface area contributed by atoms with Crippen molar-refractivity contribution in [1.29, 1.82) is 0 Å². The minimum Gasteiger partial charge on any atom is -0.330 e. The summed E-state index contributed by atoms with van der Waals surface area (Å²) in [6.45, 7) is 3.59. The molecule has 30 heavy (non-hydrogen) atoms. The number of rotatable bonds is 11. The SMILES string of the molecule is CC(C)C[C@@H](C(=O)NN)[C@@H](C(=O)NO)C(/C=C/c1ccccc1)(CCN)S(C)(=O)=O. The summed E-state index contributed by atoms with van der Waals surface area (Å²) < 4.78 is 24.3. The molecule has 0 aliphatic carbocycles. The van der Waals surface area contributed by atoms with Crippen LogP contribution in [0.4, 0.5) is 0 Å². The normalized spacial score (nSPS) is 16.1. The maximum absolute atomic E-state index is 13.1. The van der Waals surface area contributed by atoms with Crippen molar-refractivity contribution in [3.8, 4) is 0 Å². The molecule has 1 aromatic carbocycles. The number of hydrogen-bond acceptors (Lipinski definition) is 7. The van der Waals surface area contributed by atoms with Crippen LogP contribution in [0.1, 0.15) is 32.3 Å². The molecule has 168 valence electrons. The zero-order valence-corrected chi connectivity index (χ0v) is 18.4. The molecule has 0 saturated carbocycles. The van der Waals surface area contributed by atoms with Gasteiger partial charge in [-0.15, -0.1) is 0 Å². The predicted molar refractivity (Wildman–Crippen MR) is 115 cm³/mol. The molecule has 2 amide bonds. The number of amides is 2. The third-order valence-corrected chi connectivity index (χ3v) is 7.08. The minimum absolute atomic E-state index is 0.0606. The maximum Gasteiger partial charge on any atom is 0.249 e. The number of carbonyl (C=O) groups excluding carboxylic acids is 2. The van der Waals surface area contributed by atoms with Crippen molar-refractivity contribution in [2.75, 3.05) is 12.8 Å². The lowest BCUT2D eigenvalue weighted by Gasteiger charge is -2.39. The van der Waals surface area contributed by atoms with Crippen LogP contribution in [-0.2, 0) is 19.4 Å². The summed E-state index contributed by atoms with van der Waals surface area (Å²) in [4.78, 5) is 25.4. The van der Waals surface area contributed by atoms with E-state index in [-0.39, 0.29) is 25.3 Å². The van der Waals surface area contributed by atoms with Gasteiger partial charge >= 0.3 is 0 Å². The molecule has 0 radical (unpaired) electrons. The van der Waals surface area contributed by atoms with Crippen molar-refractivity contribution < 1.29 is 23.2 Å². The molecular formula is C20H32N4O5S. The van der Waals surface area contributed by atoms with E-state index >= 15 is 0 Å². The monoisotopic (exact) mass is 440 g/mol. The molecule has 1 rings (SSSR count). The molecule has 10 heteroatoms. The van der Waals surface area contributed by atoms with Crippen molar-refractivity contribution in [2.45, 2.75) is 31.4 Å². The van der Waals surface area contributed by atoms with Crippen molar-refractivity contribution in [3.63, 3.8) is 0 Å². The lowest BCUT2D eigenvalue weighted by Crippen LogP contribution is -2.57. The summed E-state index contributed by atoms with van der Waals surface area (Å²) in [5.41, 5.74) is 10.0. The van der Waals surface area contributed by atoms with Crippen LogP contribution >= 0.6 is 0 Å². The first-order valence-corrected chi connectivity index (χ1v) is 11.5. The van der Waals surface area contributed by atoms with Gasteiger partial charge in [0.15, 0.2) is 9.84 Å². The molecule has 3 atom stereocenters. The summed E-state index contributed by atoms with van der Waals surface area (Å²) in [6.07, 6.45) is 3.98. The molecule has 0 aromatic heterocycles. The van der Waals surface area contributed by atoms with Crippen molar-refractivity contribution in [3.05, 3.63) is 42.0 Å². The molecule has 0 aliphatic rings. The summed E-state index contributed by atoms with van der Waals surface area (Å²) in [5.74, 6) is 0.988. The zero-order valence-electron chi connectivity index (χ0n) is 17.5. The number of carbonyl (C=O) groups is 2. The highest BCUT2D eigenvalue weighted by atomic mass is 32.2. The van der Waals surface area contributed by atoms with Crippen LogP contribution in [0.25, 0.3) is 6.08 Å². The van der Waals surface area contributed by atoms with Gasteiger partial charge in [-0.3, -0.25) is 20.2 Å². The van der Waals surface area contributed by atoms with Crippen molar-refractivity contribution in [1.82, 2.24) is 10.9 Å². The summed E-state index contributed by atoms with van der Waals surface area (Å²) in [5, 5.41) is 9.41. The quantitative estimate of drug-likeness (QED) is 0.145. The third-order valence-electron chi connectivity index (χ3n) is 5.11. The molecule has 0 bridgehead atoms. The van der Waals surface area contributed by atoms with Gasteiger partial charge in [0.2, 0.25) is 11.8 Å². The fraction of sp³-hybridized carbons (Fsp3) is 0.500. The Morgan fingerprint density at radius 3 is 2.23 bits per heavy atom. The number of nitrogens with one attached hydrogen (secondary N) is 2. The highest BCUT2D eigenvalue weighted by molar-refractivity contribution is 7.92. The molecule has 9 nitrogen and oxygen atoms in total. The molecule has 0 spiro atoms. The number of hydroxylamine groups is 1. The Hall–Kier alpha value is -2.27. The third kappa shape index (κ3) is 6.11. The van der Waals surface area contributed by atoms with Crippen LogP contribution in [0.5, 0.6) is 0 Å². The molecule has 1 aromatic rings. The van der Waals surface area contributed by atoms with Gasteiger partial charge in [-0.25, -0.2) is 19.7 Å². The highest BCUT2D eigenvalue weighted by Gasteiger charge is 2.53. The Morgan fingerprint density at radius 1 is 1.20 bits per heavy atom. The molecule has 7 N–H and O–H groups in total. The van der Waals surface area contributed by atoms with Crippen LogP contribution in [-0.4, -0.2) is 43.0 Å². The Kier molecular flexibility index (Phi) is 9.63. The van der Waals surface area contributed by atoms with Gasteiger partial charge in [0.25, 0.3) is 0 Å². The molecule has 0 saturated heterocycles. The van der Waals surface area contributed by atoms with Gasteiger partial charge in [-0.1, -0.05) is 56.3 Å². The second-order valence-electron chi connectivity index (χ2n) is 7.71. The number of hydrogen-bond donors (Lipinski definition) is 5.